The molecule has 0 amide bonds. The summed E-state index contributed by atoms with van der Waals surface area (Å²) in [6.07, 6.45) is 8.40. The van der Waals surface area contributed by atoms with Gasteiger partial charge in [0.05, 0.1) is 12.2 Å². The molecule has 0 spiro atoms. The molecule has 3 nitrogen and oxygen atoms in total. The lowest BCUT2D eigenvalue weighted by Crippen LogP contribution is -2.47. The van der Waals surface area contributed by atoms with E-state index >= 15 is 0 Å². The first-order chi connectivity index (χ1) is 13.2. The van der Waals surface area contributed by atoms with E-state index in [1.54, 1.807) is 0 Å². The zero-order chi connectivity index (χ0) is 22.7. The molecule has 0 N–H and O–H groups in total. The average molecular weight is 441 g/mol. The van der Waals surface area contributed by atoms with Crippen molar-refractivity contribution in [1.82, 2.24) is 0 Å². The van der Waals surface area contributed by atoms with Crippen molar-refractivity contribution >= 4 is 16.6 Å². The van der Waals surface area contributed by atoms with Gasteiger partial charge in [-0.1, -0.05) is 61.3 Å². The molecular weight excluding hydrogens is 392 g/mol. The lowest BCUT2D eigenvalue weighted by atomic mass is 9.92. The topological polar surface area (TPSA) is 31.0 Å². The standard InChI is InChI=1S/C24H48O3Si2/c1-13-20(26-28(11,12)23(7,8)9)19(6)22-21(25-22)18-24(10,14-2)27-29(15-3,16-4)17-5/h2,19-22H,13,15-18H2,1,3-12H3/t19-,20+,21-,22-,24+/m1/s1. The number of terminal acetylenes is 1. The molecule has 0 unspecified atom stereocenters. The number of epoxide rings is 1. The number of hydrogen-bond donors (Lipinski definition) is 0. The second kappa shape index (κ2) is 10.00. The zero-order valence-electron chi connectivity index (χ0n) is 21.1. The fourth-order valence-corrected chi connectivity index (χ4v) is 8.59. The van der Waals surface area contributed by atoms with Crippen LogP contribution in [0.5, 0.6) is 0 Å². The van der Waals surface area contributed by atoms with Crippen molar-refractivity contribution in [3.8, 4) is 12.3 Å². The normalized spacial score (nSPS) is 24.5. The van der Waals surface area contributed by atoms with Crippen molar-refractivity contribution in [2.24, 2.45) is 5.92 Å². The highest BCUT2D eigenvalue weighted by atomic mass is 28.4. The summed E-state index contributed by atoms with van der Waals surface area (Å²) in [5.41, 5.74) is -0.532. The van der Waals surface area contributed by atoms with Crippen molar-refractivity contribution in [2.75, 3.05) is 0 Å². The monoisotopic (exact) mass is 440 g/mol. The highest BCUT2D eigenvalue weighted by molar-refractivity contribution is 6.74. The predicted molar refractivity (Wildman–Crippen MR) is 130 cm³/mol. The quantitative estimate of drug-likeness (QED) is 0.186. The van der Waals surface area contributed by atoms with Gasteiger partial charge in [-0.3, -0.25) is 0 Å². The Labute approximate surface area is 183 Å². The Bertz CT molecular complexity index is 551. The molecule has 1 fully saturated rings. The van der Waals surface area contributed by atoms with Gasteiger partial charge in [0.2, 0.25) is 0 Å². The highest BCUT2D eigenvalue weighted by Gasteiger charge is 2.51. The van der Waals surface area contributed by atoms with E-state index in [1.165, 1.54) is 0 Å². The molecule has 1 heterocycles. The number of rotatable bonds is 12. The number of ether oxygens (including phenoxy) is 1. The molecule has 0 saturated carbocycles. The lowest BCUT2D eigenvalue weighted by Gasteiger charge is -2.40. The Kier molecular flexibility index (Phi) is 9.28. The summed E-state index contributed by atoms with van der Waals surface area (Å²) < 4.78 is 19.6. The average Bonchev–Trinajstić information content (AvgIpc) is 3.41. The van der Waals surface area contributed by atoms with Gasteiger partial charge in [0, 0.05) is 18.4 Å². The summed E-state index contributed by atoms with van der Waals surface area (Å²) in [6, 6.07) is 3.34. The highest BCUT2D eigenvalue weighted by Crippen LogP contribution is 2.43. The van der Waals surface area contributed by atoms with Crippen LogP contribution in [0.25, 0.3) is 0 Å². The van der Waals surface area contributed by atoms with Gasteiger partial charge < -0.3 is 13.6 Å². The summed E-state index contributed by atoms with van der Waals surface area (Å²) in [5.74, 6) is 3.34. The molecule has 0 aliphatic carbocycles. The predicted octanol–water partition coefficient (Wildman–Crippen LogP) is 6.99. The summed E-state index contributed by atoms with van der Waals surface area (Å²) in [7, 11) is -3.56. The molecule has 1 aliphatic heterocycles. The van der Waals surface area contributed by atoms with Gasteiger partial charge in [0.1, 0.15) is 5.60 Å². The Morgan fingerprint density at radius 3 is 1.93 bits per heavy atom. The van der Waals surface area contributed by atoms with Gasteiger partial charge in [0.25, 0.3) is 0 Å². The van der Waals surface area contributed by atoms with Crippen molar-refractivity contribution < 1.29 is 13.6 Å². The van der Waals surface area contributed by atoms with E-state index in [2.05, 4.69) is 81.3 Å². The van der Waals surface area contributed by atoms with Crippen LogP contribution in [-0.2, 0) is 13.6 Å². The maximum absolute atomic E-state index is 6.75. The van der Waals surface area contributed by atoms with E-state index in [0.717, 1.165) is 31.0 Å². The van der Waals surface area contributed by atoms with Crippen molar-refractivity contribution in [3.05, 3.63) is 0 Å². The fourth-order valence-electron chi connectivity index (χ4n) is 4.07. The second-order valence-corrected chi connectivity index (χ2v) is 20.2. The zero-order valence-corrected chi connectivity index (χ0v) is 23.1. The summed E-state index contributed by atoms with van der Waals surface area (Å²) in [5, 5.41) is 0.217. The van der Waals surface area contributed by atoms with E-state index in [1.807, 2.05) is 0 Å². The fraction of sp³-hybridized carbons (Fsp3) is 0.917. The van der Waals surface area contributed by atoms with Crippen LogP contribution in [0.3, 0.4) is 0 Å². The Morgan fingerprint density at radius 1 is 1.03 bits per heavy atom. The molecule has 0 radical (unpaired) electrons. The molecule has 5 heteroatoms. The summed E-state index contributed by atoms with van der Waals surface area (Å²) in [4.78, 5) is 0. The Balaban J connectivity index is 2.80. The van der Waals surface area contributed by atoms with Crippen LogP contribution in [-0.4, -0.2) is 40.5 Å². The molecular formula is C24H48O3Si2. The van der Waals surface area contributed by atoms with Gasteiger partial charge in [-0.2, -0.15) is 0 Å². The van der Waals surface area contributed by atoms with Crippen LogP contribution in [0.4, 0.5) is 0 Å². The summed E-state index contributed by atoms with van der Waals surface area (Å²) >= 11 is 0. The molecule has 170 valence electrons. The van der Waals surface area contributed by atoms with Crippen LogP contribution < -0.4 is 0 Å². The minimum atomic E-state index is -1.80. The van der Waals surface area contributed by atoms with Crippen LogP contribution in [0.2, 0.25) is 36.3 Å². The van der Waals surface area contributed by atoms with Gasteiger partial charge in [-0.15, -0.1) is 6.42 Å². The Hall–Kier alpha value is -0.126. The van der Waals surface area contributed by atoms with Gasteiger partial charge in [-0.05, 0) is 49.6 Å². The van der Waals surface area contributed by atoms with Gasteiger partial charge in [-0.25, -0.2) is 0 Å². The molecule has 1 aliphatic rings. The lowest BCUT2D eigenvalue weighted by molar-refractivity contribution is 0.104. The molecule has 29 heavy (non-hydrogen) atoms. The first-order valence-electron chi connectivity index (χ1n) is 11.7. The van der Waals surface area contributed by atoms with E-state index in [9.17, 15) is 0 Å². The van der Waals surface area contributed by atoms with Gasteiger partial charge >= 0.3 is 0 Å². The van der Waals surface area contributed by atoms with Crippen molar-refractivity contribution in [2.45, 2.75) is 135 Å². The molecule has 0 aromatic heterocycles. The van der Waals surface area contributed by atoms with Gasteiger partial charge in [0.15, 0.2) is 16.6 Å². The largest absolute Gasteiger partial charge is 0.414 e. The van der Waals surface area contributed by atoms with Crippen LogP contribution in [0, 0.1) is 18.3 Å². The number of hydrogen-bond acceptors (Lipinski definition) is 3. The first kappa shape index (κ1) is 26.9. The van der Waals surface area contributed by atoms with Crippen molar-refractivity contribution in [1.29, 1.82) is 0 Å². The second-order valence-electron chi connectivity index (χ2n) is 10.7. The smallest absolute Gasteiger partial charge is 0.194 e. The Morgan fingerprint density at radius 2 is 1.55 bits per heavy atom. The minimum Gasteiger partial charge on any atom is -0.414 e. The van der Waals surface area contributed by atoms with Crippen LogP contribution >= 0.6 is 0 Å². The van der Waals surface area contributed by atoms with Crippen molar-refractivity contribution in [3.63, 3.8) is 0 Å². The summed E-state index contributed by atoms with van der Waals surface area (Å²) in [6.45, 7) is 24.9. The molecule has 1 saturated heterocycles. The minimum absolute atomic E-state index is 0.181. The SMILES string of the molecule is C#C[C@@](C)(C[C@H]1O[C@@H]1[C@H](C)[C@H](CC)O[Si](C)(C)C(C)(C)C)O[Si](CC)(CC)CC. The molecule has 1 rings (SSSR count). The maximum atomic E-state index is 6.75. The third kappa shape index (κ3) is 6.67. The van der Waals surface area contributed by atoms with Crippen LogP contribution in [0.1, 0.15) is 75.2 Å². The first-order valence-corrected chi connectivity index (χ1v) is 17.2. The maximum Gasteiger partial charge on any atom is 0.194 e. The third-order valence-electron chi connectivity index (χ3n) is 7.65. The van der Waals surface area contributed by atoms with E-state index in [0.29, 0.717) is 5.92 Å². The molecule has 5 atom stereocenters. The third-order valence-corrected chi connectivity index (χ3v) is 16.9. The van der Waals surface area contributed by atoms with E-state index in [-0.39, 0.29) is 23.4 Å². The molecule has 0 bridgehead atoms. The van der Waals surface area contributed by atoms with E-state index < -0.39 is 22.2 Å². The van der Waals surface area contributed by atoms with Crippen LogP contribution in [0.15, 0.2) is 0 Å². The molecule has 0 aromatic carbocycles. The molecule has 0 aromatic rings. The van der Waals surface area contributed by atoms with E-state index in [4.69, 9.17) is 20.0 Å².